The lowest BCUT2D eigenvalue weighted by Crippen LogP contribution is -2.22. The largest absolute Gasteiger partial charge is 0.294 e. The number of hydrogen-bond donors (Lipinski definition) is 2. The number of rotatable bonds is 2. The van der Waals surface area contributed by atoms with Crippen LogP contribution in [0.5, 0.6) is 0 Å². The Kier molecular flexibility index (Phi) is 4.61. The normalized spacial score (nSPS) is 13.7. The topological polar surface area (TPSA) is 143 Å². The van der Waals surface area contributed by atoms with Crippen LogP contribution in [0, 0.1) is 0 Å². The molecule has 0 saturated carbocycles. The van der Waals surface area contributed by atoms with Crippen molar-refractivity contribution in [3.05, 3.63) is 58.7 Å². The maximum absolute atomic E-state index is 12.5. The first kappa shape index (κ1) is 19.2. The van der Waals surface area contributed by atoms with Gasteiger partial charge in [0.15, 0.2) is 11.6 Å². The summed E-state index contributed by atoms with van der Waals surface area (Å²) in [5.41, 5.74) is -0.704. The van der Waals surface area contributed by atoms with Crippen molar-refractivity contribution in [2.24, 2.45) is 0 Å². The maximum atomic E-state index is 12.5. The Morgan fingerprint density at radius 3 is 1.24 bits per heavy atom. The number of benzene rings is 2. The summed E-state index contributed by atoms with van der Waals surface area (Å²) < 4.78 is 62.8. The number of carbonyl (C=O) groups is 2. The van der Waals surface area contributed by atoms with Crippen LogP contribution >= 0.6 is 12.4 Å². The zero-order chi connectivity index (χ0) is 17.9. The molecule has 132 valence electrons. The average molecular weight is 405 g/mol. The van der Waals surface area contributed by atoms with Crippen LogP contribution in [0.2, 0.25) is 0 Å². The lowest BCUT2D eigenvalue weighted by Gasteiger charge is -2.18. The minimum atomic E-state index is -4.59. The van der Waals surface area contributed by atoms with Gasteiger partial charge in [0.2, 0.25) is 0 Å². The van der Waals surface area contributed by atoms with Crippen LogP contribution in [0.3, 0.4) is 0 Å². The van der Waals surface area contributed by atoms with Gasteiger partial charge >= 0.3 is 0 Å². The van der Waals surface area contributed by atoms with E-state index < -0.39 is 41.6 Å². The molecule has 0 aliphatic heterocycles. The predicted octanol–water partition coefficient (Wildman–Crippen LogP) is 1.38. The smallest absolute Gasteiger partial charge is 0.289 e. The van der Waals surface area contributed by atoms with Crippen molar-refractivity contribution in [3.63, 3.8) is 0 Å². The van der Waals surface area contributed by atoms with Gasteiger partial charge < -0.3 is 0 Å². The lowest BCUT2D eigenvalue weighted by molar-refractivity contribution is 0.0978. The van der Waals surface area contributed by atoms with Crippen molar-refractivity contribution in [2.75, 3.05) is 0 Å². The molecule has 2 aromatic carbocycles. The molecule has 1 aliphatic carbocycles. The van der Waals surface area contributed by atoms with Gasteiger partial charge in [-0.1, -0.05) is 0 Å². The highest BCUT2D eigenvalue weighted by atomic mass is 35.5. The zero-order valence-electron chi connectivity index (χ0n) is 12.0. The van der Waals surface area contributed by atoms with Crippen molar-refractivity contribution in [3.8, 4) is 0 Å². The summed E-state index contributed by atoms with van der Waals surface area (Å²) in [6.07, 6.45) is 0. The first-order valence-electron chi connectivity index (χ1n) is 6.32. The van der Waals surface area contributed by atoms with Crippen molar-refractivity contribution < 1.29 is 35.5 Å². The molecule has 0 atom stereocenters. The fraction of sp³-hybridized carbons (Fsp3) is 0. The minimum Gasteiger partial charge on any atom is -0.289 e. The van der Waals surface area contributed by atoms with Crippen LogP contribution in [-0.2, 0) is 20.2 Å². The molecule has 0 fully saturated rings. The standard InChI is InChI=1S/C14H8O8S2.ClH/c15-13-9-3-1-7(23(17,18)19)5-11(9)14(16)12-6-8(24(20,21)22)2-4-10(12)13;/h1-6H,(H,17,18,19)(H,20,21,22);1H. The highest BCUT2D eigenvalue weighted by Gasteiger charge is 2.32. The third-order valence-electron chi connectivity index (χ3n) is 3.56. The lowest BCUT2D eigenvalue weighted by atomic mass is 9.84. The second-order valence-electron chi connectivity index (χ2n) is 5.02. The number of hydrogen-bond acceptors (Lipinski definition) is 6. The molecular formula is C14H9ClO8S2. The van der Waals surface area contributed by atoms with Gasteiger partial charge in [-0.15, -0.1) is 12.4 Å². The van der Waals surface area contributed by atoms with Crippen LogP contribution in [0.4, 0.5) is 0 Å². The van der Waals surface area contributed by atoms with Crippen LogP contribution in [0.15, 0.2) is 46.2 Å². The molecule has 25 heavy (non-hydrogen) atoms. The van der Waals surface area contributed by atoms with Gasteiger partial charge in [0.1, 0.15) is 0 Å². The molecule has 8 nitrogen and oxygen atoms in total. The van der Waals surface area contributed by atoms with E-state index in [4.69, 9.17) is 9.11 Å². The van der Waals surface area contributed by atoms with Crippen molar-refractivity contribution in [2.45, 2.75) is 9.79 Å². The summed E-state index contributed by atoms with van der Waals surface area (Å²) in [5, 5.41) is 0. The zero-order valence-corrected chi connectivity index (χ0v) is 14.5. The van der Waals surface area contributed by atoms with Crippen LogP contribution < -0.4 is 0 Å². The fourth-order valence-corrected chi connectivity index (χ4v) is 3.44. The Morgan fingerprint density at radius 2 is 0.920 bits per heavy atom. The van der Waals surface area contributed by atoms with Gasteiger partial charge in [0.05, 0.1) is 9.79 Å². The molecule has 11 heteroatoms. The molecule has 2 aromatic rings. The van der Waals surface area contributed by atoms with Gasteiger partial charge in [-0.05, 0) is 36.4 Å². The third kappa shape index (κ3) is 3.22. The monoisotopic (exact) mass is 404 g/mol. The Hall–Kier alpha value is -2.11. The third-order valence-corrected chi connectivity index (χ3v) is 5.26. The molecule has 0 unspecified atom stereocenters. The summed E-state index contributed by atoms with van der Waals surface area (Å²) in [6.45, 7) is 0. The Morgan fingerprint density at radius 1 is 0.600 bits per heavy atom. The molecule has 0 bridgehead atoms. The van der Waals surface area contributed by atoms with E-state index in [-0.39, 0.29) is 34.7 Å². The van der Waals surface area contributed by atoms with E-state index in [1.165, 1.54) is 0 Å². The molecule has 0 spiro atoms. The highest BCUT2D eigenvalue weighted by molar-refractivity contribution is 7.86. The van der Waals surface area contributed by atoms with Crippen LogP contribution in [0.25, 0.3) is 0 Å². The summed E-state index contributed by atoms with van der Waals surface area (Å²) in [7, 11) is -9.17. The van der Waals surface area contributed by atoms with Gasteiger partial charge in [0, 0.05) is 22.3 Å². The predicted molar refractivity (Wildman–Crippen MR) is 86.6 cm³/mol. The van der Waals surface area contributed by atoms with E-state index in [9.17, 15) is 26.4 Å². The molecule has 0 amide bonds. The Bertz CT molecular complexity index is 1050. The quantitative estimate of drug-likeness (QED) is 0.609. The molecule has 0 saturated heterocycles. The SMILES string of the molecule is Cl.O=C1c2ccc(S(=O)(=O)O)cc2C(=O)c2cc(S(=O)(=O)O)ccc21. The summed E-state index contributed by atoms with van der Waals surface area (Å²) >= 11 is 0. The average Bonchev–Trinajstić information content (AvgIpc) is 2.49. The Labute approximate surface area is 148 Å². The van der Waals surface area contributed by atoms with Gasteiger partial charge in [-0.25, -0.2) is 0 Å². The summed E-state index contributed by atoms with van der Waals surface area (Å²) in [4.78, 5) is 23.8. The number of halogens is 1. The molecule has 0 radical (unpaired) electrons. The number of carbonyl (C=O) groups excluding carboxylic acids is 2. The maximum Gasteiger partial charge on any atom is 0.294 e. The van der Waals surface area contributed by atoms with E-state index in [0.29, 0.717) is 0 Å². The summed E-state index contributed by atoms with van der Waals surface area (Å²) in [6, 6.07) is 5.84. The first-order valence-corrected chi connectivity index (χ1v) is 9.20. The van der Waals surface area contributed by atoms with Gasteiger partial charge in [-0.2, -0.15) is 16.8 Å². The molecule has 1 aliphatic rings. The second kappa shape index (κ2) is 6.00. The van der Waals surface area contributed by atoms with Crippen molar-refractivity contribution >= 4 is 44.2 Å². The molecule has 0 heterocycles. The van der Waals surface area contributed by atoms with E-state index in [1.807, 2.05) is 0 Å². The first-order chi connectivity index (χ1) is 11.0. The van der Waals surface area contributed by atoms with E-state index in [1.54, 1.807) is 0 Å². The van der Waals surface area contributed by atoms with Crippen LogP contribution in [-0.4, -0.2) is 37.5 Å². The molecule has 2 N–H and O–H groups in total. The van der Waals surface area contributed by atoms with E-state index >= 15 is 0 Å². The van der Waals surface area contributed by atoms with E-state index in [2.05, 4.69) is 0 Å². The molecule has 0 aromatic heterocycles. The molecule has 3 rings (SSSR count). The van der Waals surface area contributed by atoms with Crippen molar-refractivity contribution in [1.29, 1.82) is 0 Å². The highest BCUT2D eigenvalue weighted by Crippen LogP contribution is 2.30. The fourth-order valence-electron chi connectivity index (χ4n) is 2.43. The minimum absolute atomic E-state index is 0. The van der Waals surface area contributed by atoms with Crippen molar-refractivity contribution in [1.82, 2.24) is 0 Å². The van der Waals surface area contributed by atoms with E-state index in [0.717, 1.165) is 36.4 Å². The van der Waals surface area contributed by atoms with Gasteiger partial charge in [0.25, 0.3) is 20.2 Å². The van der Waals surface area contributed by atoms with Gasteiger partial charge in [-0.3, -0.25) is 18.7 Å². The molecular weight excluding hydrogens is 396 g/mol. The number of ketones is 2. The number of fused-ring (bicyclic) bond motifs is 2. The van der Waals surface area contributed by atoms with Crippen LogP contribution in [0.1, 0.15) is 31.8 Å². The second-order valence-corrected chi connectivity index (χ2v) is 7.87. The Balaban J connectivity index is 0.00000225. The summed E-state index contributed by atoms with van der Waals surface area (Å²) in [5.74, 6) is -1.40.